The minimum atomic E-state index is -0.450. The van der Waals surface area contributed by atoms with Crippen LogP contribution in [0.15, 0.2) is 78.9 Å². The van der Waals surface area contributed by atoms with Crippen molar-refractivity contribution < 1.29 is 14.4 Å². The van der Waals surface area contributed by atoms with Gasteiger partial charge in [-0.2, -0.15) is 0 Å². The third kappa shape index (κ3) is 6.72. The molecule has 3 rings (SSSR count). The van der Waals surface area contributed by atoms with Gasteiger partial charge in [0.2, 0.25) is 0 Å². The zero-order valence-electron chi connectivity index (χ0n) is 18.2. The van der Waals surface area contributed by atoms with E-state index >= 15 is 0 Å². The van der Waals surface area contributed by atoms with Crippen LogP contribution in [0, 0.1) is 0 Å². The van der Waals surface area contributed by atoms with Gasteiger partial charge in [0.25, 0.3) is 17.7 Å². The maximum atomic E-state index is 12.3. The Labute approximate surface area is 197 Å². The summed E-state index contributed by atoms with van der Waals surface area (Å²) in [6.45, 7) is 4.15. The van der Waals surface area contributed by atoms with Crippen molar-refractivity contribution in [3.05, 3.63) is 101 Å². The fraction of sp³-hybridized carbons (Fsp3) is 0.120. The second-order valence-corrected chi connectivity index (χ2v) is 7.94. The lowest BCUT2D eigenvalue weighted by atomic mass is 10.0. The average molecular weight is 461 g/mol. The first kappa shape index (κ1) is 23.6. The number of benzene rings is 3. The summed E-state index contributed by atoms with van der Waals surface area (Å²) < 4.78 is 0. The zero-order valence-corrected chi connectivity index (χ0v) is 19.0. The van der Waals surface area contributed by atoms with Gasteiger partial charge in [-0.15, -0.1) is 0 Å². The SMILES string of the molecule is CC(C)c1ccc(C(=O)NC(=S)NNC(=O)c2ccc(NC(=O)c3ccccc3)cc2)cc1. The molecule has 0 fully saturated rings. The first-order valence-electron chi connectivity index (χ1n) is 10.3. The summed E-state index contributed by atoms with van der Waals surface area (Å²) >= 11 is 5.08. The number of carbonyl (C=O) groups is 3. The Morgan fingerprint density at radius 2 is 1.21 bits per heavy atom. The lowest BCUT2D eigenvalue weighted by molar-refractivity contribution is 0.0934. The molecule has 0 unspecified atom stereocenters. The minimum Gasteiger partial charge on any atom is -0.322 e. The average Bonchev–Trinajstić information content (AvgIpc) is 2.83. The highest BCUT2D eigenvalue weighted by Crippen LogP contribution is 2.14. The summed E-state index contributed by atoms with van der Waals surface area (Å²) in [5.41, 5.74) is 7.97. The van der Waals surface area contributed by atoms with Crippen molar-refractivity contribution in [1.29, 1.82) is 0 Å². The predicted molar refractivity (Wildman–Crippen MR) is 132 cm³/mol. The molecule has 0 atom stereocenters. The van der Waals surface area contributed by atoms with E-state index in [1.807, 2.05) is 18.2 Å². The maximum absolute atomic E-state index is 12.3. The highest BCUT2D eigenvalue weighted by molar-refractivity contribution is 7.80. The molecular weight excluding hydrogens is 436 g/mol. The molecule has 0 bridgehead atoms. The molecule has 0 radical (unpaired) electrons. The van der Waals surface area contributed by atoms with E-state index in [4.69, 9.17) is 12.2 Å². The van der Waals surface area contributed by atoms with Crippen LogP contribution in [-0.4, -0.2) is 22.8 Å². The first-order valence-corrected chi connectivity index (χ1v) is 10.7. The predicted octanol–water partition coefficient (Wildman–Crippen LogP) is 4.01. The summed E-state index contributed by atoms with van der Waals surface area (Å²) in [6, 6.07) is 22.4. The Morgan fingerprint density at radius 1 is 0.667 bits per heavy atom. The number of thiocarbonyl (C=S) groups is 1. The van der Waals surface area contributed by atoms with Crippen molar-refractivity contribution >= 4 is 40.7 Å². The molecule has 0 heterocycles. The van der Waals surface area contributed by atoms with E-state index in [0.29, 0.717) is 28.3 Å². The van der Waals surface area contributed by atoms with E-state index in [2.05, 4.69) is 35.3 Å². The Morgan fingerprint density at radius 3 is 1.82 bits per heavy atom. The Bertz CT molecular complexity index is 1140. The van der Waals surface area contributed by atoms with Gasteiger partial charge in [0.05, 0.1) is 0 Å². The number of hydrazine groups is 1. The number of nitrogens with one attached hydrogen (secondary N) is 4. The Hall–Kier alpha value is -4.04. The molecule has 3 amide bonds. The fourth-order valence-corrected chi connectivity index (χ4v) is 3.05. The number of anilines is 1. The monoisotopic (exact) mass is 460 g/mol. The highest BCUT2D eigenvalue weighted by atomic mass is 32.1. The van der Waals surface area contributed by atoms with Gasteiger partial charge in [-0.25, -0.2) is 0 Å². The Kier molecular flexibility index (Phi) is 7.88. The van der Waals surface area contributed by atoms with E-state index in [0.717, 1.165) is 5.56 Å². The molecule has 168 valence electrons. The van der Waals surface area contributed by atoms with Crippen LogP contribution in [-0.2, 0) is 0 Å². The van der Waals surface area contributed by atoms with Crippen molar-refractivity contribution in [3.63, 3.8) is 0 Å². The molecule has 8 heteroatoms. The first-order chi connectivity index (χ1) is 15.8. The normalized spacial score (nSPS) is 10.3. The molecule has 33 heavy (non-hydrogen) atoms. The number of carbonyl (C=O) groups excluding carboxylic acids is 3. The van der Waals surface area contributed by atoms with Gasteiger partial charge in [-0.1, -0.05) is 44.2 Å². The molecule has 4 N–H and O–H groups in total. The smallest absolute Gasteiger partial charge is 0.269 e. The van der Waals surface area contributed by atoms with Crippen LogP contribution in [0.4, 0.5) is 5.69 Å². The quantitative estimate of drug-likeness (QED) is 0.341. The van der Waals surface area contributed by atoms with Gasteiger partial charge in [0.15, 0.2) is 5.11 Å². The second-order valence-electron chi connectivity index (χ2n) is 7.54. The molecule has 0 aliphatic heterocycles. The lowest BCUT2D eigenvalue weighted by Crippen LogP contribution is -2.48. The van der Waals surface area contributed by atoms with Crippen LogP contribution in [0.1, 0.15) is 56.4 Å². The van der Waals surface area contributed by atoms with Crippen LogP contribution in [0.2, 0.25) is 0 Å². The van der Waals surface area contributed by atoms with Crippen molar-refractivity contribution in [2.24, 2.45) is 0 Å². The second kappa shape index (κ2) is 11.0. The molecule has 0 aliphatic rings. The zero-order chi connectivity index (χ0) is 23.8. The lowest BCUT2D eigenvalue weighted by Gasteiger charge is -2.12. The number of hydrogen-bond acceptors (Lipinski definition) is 4. The fourth-order valence-electron chi connectivity index (χ4n) is 2.91. The molecule has 0 spiro atoms. The van der Waals surface area contributed by atoms with Crippen LogP contribution < -0.4 is 21.5 Å². The summed E-state index contributed by atoms with van der Waals surface area (Å²) in [4.78, 5) is 36.8. The van der Waals surface area contributed by atoms with Gasteiger partial charge < -0.3 is 5.32 Å². The van der Waals surface area contributed by atoms with Crippen molar-refractivity contribution in [1.82, 2.24) is 16.2 Å². The Balaban J connectivity index is 1.48. The van der Waals surface area contributed by atoms with E-state index in [9.17, 15) is 14.4 Å². The van der Waals surface area contributed by atoms with Gasteiger partial charge >= 0.3 is 0 Å². The van der Waals surface area contributed by atoms with Gasteiger partial charge in [-0.3, -0.25) is 30.6 Å². The van der Waals surface area contributed by atoms with Crippen LogP contribution in [0.5, 0.6) is 0 Å². The van der Waals surface area contributed by atoms with Crippen LogP contribution in [0.3, 0.4) is 0 Å². The topological polar surface area (TPSA) is 99.3 Å². The number of rotatable bonds is 5. The standard InChI is InChI=1S/C25H24N4O3S/c1-16(2)17-8-10-19(11-9-17)23(31)27-25(33)29-28-24(32)20-12-14-21(15-13-20)26-22(30)18-6-4-3-5-7-18/h3-16H,1-2H3,(H,26,30)(H,28,32)(H2,27,29,31,33). The molecule has 0 saturated carbocycles. The third-order valence-corrected chi connectivity index (χ3v) is 5.00. The summed E-state index contributed by atoms with van der Waals surface area (Å²) in [5, 5.41) is 5.25. The summed E-state index contributed by atoms with van der Waals surface area (Å²) in [5.74, 6) is -0.701. The number of amides is 3. The minimum absolute atomic E-state index is 0.0342. The molecule has 0 aliphatic carbocycles. The van der Waals surface area contributed by atoms with E-state index < -0.39 is 5.91 Å². The van der Waals surface area contributed by atoms with E-state index in [1.54, 1.807) is 60.7 Å². The van der Waals surface area contributed by atoms with Gasteiger partial charge in [-0.05, 0) is 72.2 Å². The van der Waals surface area contributed by atoms with Crippen LogP contribution in [0.25, 0.3) is 0 Å². The molecule has 0 saturated heterocycles. The van der Waals surface area contributed by atoms with Gasteiger partial charge in [0.1, 0.15) is 0 Å². The molecule has 3 aromatic carbocycles. The van der Waals surface area contributed by atoms with Crippen LogP contribution >= 0.6 is 12.2 Å². The molecule has 0 aromatic heterocycles. The number of hydrogen-bond donors (Lipinski definition) is 4. The van der Waals surface area contributed by atoms with Crippen molar-refractivity contribution in [2.75, 3.05) is 5.32 Å². The van der Waals surface area contributed by atoms with E-state index in [1.165, 1.54) is 0 Å². The van der Waals surface area contributed by atoms with Crippen molar-refractivity contribution in [3.8, 4) is 0 Å². The largest absolute Gasteiger partial charge is 0.322 e. The summed E-state index contributed by atoms with van der Waals surface area (Å²) in [6.07, 6.45) is 0. The summed E-state index contributed by atoms with van der Waals surface area (Å²) in [7, 11) is 0. The molecular formula is C25H24N4O3S. The maximum Gasteiger partial charge on any atom is 0.269 e. The molecule has 3 aromatic rings. The molecule has 7 nitrogen and oxygen atoms in total. The van der Waals surface area contributed by atoms with Crippen molar-refractivity contribution in [2.45, 2.75) is 19.8 Å². The van der Waals surface area contributed by atoms with Gasteiger partial charge in [0, 0.05) is 22.4 Å². The van der Waals surface area contributed by atoms with E-state index in [-0.39, 0.29) is 16.9 Å². The third-order valence-electron chi connectivity index (χ3n) is 4.80. The highest BCUT2D eigenvalue weighted by Gasteiger charge is 2.11.